The fourth-order valence-corrected chi connectivity index (χ4v) is 3.12. The summed E-state index contributed by atoms with van der Waals surface area (Å²) >= 11 is 0. The van der Waals surface area contributed by atoms with Crippen LogP contribution >= 0.6 is 12.4 Å². The van der Waals surface area contributed by atoms with Crippen molar-refractivity contribution in [2.75, 3.05) is 33.8 Å². The van der Waals surface area contributed by atoms with Crippen LogP contribution in [0.1, 0.15) is 17.4 Å². The second-order valence-corrected chi connectivity index (χ2v) is 6.48. The van der Waals surface area contributed by atoms with Gasteiger partial charge in [0.05, 0.1) is 13.2 Å². The highest BCUT2D eigenvalue weighted by Gasteiger charge is 2.26. The topological polar surface area (TPSA) is 81.2 Å². The maximum atomic E-state index is 5.46. The number of nitrogens with zero attached hydrogens (tertiary/aromatic N) is 5. The smallest absolute Gasteiger partial charge is 0.278 e. The summed E-state index contributed by atoms with van der Waals surface area (Å²) in [6, 6.07) is 7.94. The largest absolute Gasteiger partial charge is 0.494 e. The van der Waals surface area contributed by atoms with E-state index in [-0.39, 0.29) is 18.4 Å². The molecule has 1 unspecified atom stereocenters. The normalized spacial score (nSPS) is 17.5. The second-order valence-electron chi connectivity index (χ2n) is 6.48. The highest BCUT2D eigenvalue weighted by Crippen LogP contribution is 2.26. The zero-order chi connectivity index (χ0) is 18.1. The molecule has 1 aromatic carbocycles. The molecule has 4 rings (SSSR count). The number of nitrogens with one attached hydrogen (secondary N) is 1. The van der Waals surface area contributed by atoms with Gasteiger partial charge in [-0.1, -0.05) is 11.2 Å². The Morgan fingerprint density at radius 1 is 1.30 bits per heavy atom. The zero-order valence-electron chi connectivity index (χ0n) is 15.5. The van der Waals surface area contributed by atoms with Crippen LogP contribution in [-0.4, -0.2) is 58.6 Å². The molecule has 1 fully saturated rings. The second kappa shape index (κ2) is 8.08. The van der Waals surface area contributed by atoms with E-state index >= 15 is 0 Å². The SMILES string of the molecule is COc1ccc(C)cc1-n1ccc(-c2nc(C3CNCCN3C)no2)n1.Cl. The molecule has 0 radical (unpaired) electrons. The van der Waals surface area contributed by atoms with Crippen LogP contribution in [0.3, 0.4) is 0 Å². The van der Waals surface area contributed by atoms with Crippen LogP contribution in [0.15, 0.2) is 35.0 Å². The minimum Gasteiger partial charge on any atom is -0.494 e. The van der Waals surface area contributed by atoms with E-state index < -0.39 is 0 Å². The summed E-state index contributed by atoms with van der Waals surface area (Å²) in [6.45, 7) is 4.77. The Hall–Kier alpha value is -2.42. The van der Waals surface area contributed by atoms with Gasteiger partial charge in [-0.15, -0.1) is 12.4 Å². The standard InChI is InChI=1S/C18H22N6O2.ClH/c1-12-4-5-16(25-3)14(10-12)24-8-6-13(21-24)18-20-17(22-26-18)15-11-19-7-9-23(15)2;/h4-6,8,10,15,19H,7,9,11H2,1-3H3;1H. The Balaban J connectivity index is 0.00000210. The molecule has 0 bridgehead atoms. The molecule has 144 valence electrons. The molecule has 9 heteroatoms. The van der Waals surface area contributed by atoms with Crippen molar-refractivity contribution < 1.29 is 9.26 Å². The minimum atomic E-state index is 0. The first-order chi connectivity index (χ1) is 12.7. The lowest BCUT2D eigenvalue weighted by Crippen LogP contribution is -2.44. The summed E-state index contributed by atoms with van der Waals surface area (Å²) < 4.78 is 12.7. The number of benzene rings is 1. The van der Waals surface area contributed by atoms with Crippen molar-refractivity contribution in [1.82, 2.24) is 30.1 Å². The quantitative estimate of drug-likeness (QED) is 0.731. The summed E-state index contributed by atoms with van der Waals surface area (Å²) in [5.41, 5.74) is 2.64. The van der Waals surface area contributed by atoms with E-state index in [0.717, 1.165) is 36.6 Å². The molecule has 1 N–H and O–H groups in total. The van der Waals surface area contributed by atoms with Crippen LogP contribution in [0, 0.1) is 6.92 Å². The summed E-state index contributed by atoms with van der Waals surface area (Å²) in [6.07, 6.45) is 1.87. The number of methoxy groups -OCH3 is 1. The highest BCUT2D eigenvalue weighted by molar-refractivity contribution is 5.85. The Bertz CT molecular complexity index is 909. The lowest BCUT2D eigenvalue weighted by molar-refractivity contribution is 0.190. The number of hydrogen-bond donors (Lipinski definition) is 1. The fraction of sp³-hybridized carbons (Fsp3) is 0.389. The highest BCUT2D eigenvalue weighted by atomic mass is 35.5. The van der Waals surface area contributed by atoms with Crippen LogP contribution in [0.4, 0.5) is 0 Å². The number of hydrogen-bond acceptors (Lipinski definition) is 7. The summed E-state index contributed by atoms with van der Waals surface area (Å²) in [5, 5.41) is 12.1. The summed E-state index contributed by atoms with van der Waals surface area (Å²) in [5.74, 6) is 1.85. The van der Waals surface area contributed by atoms with Gasteiger partial charge in [0.25, 0.3) is 5.89 Å². The zero-order valence-corrected chi connectivity index (χ0v) is 16.4. The molecular formula is C18H23ClN6O2. The molecule has 3 heterocycles. The molecule has 0 spiro atoms. The molecule has 0 aliphatic carbocycles. The summed E-state index contributed by atoms with van der Waals surface area (Å²) in [7, 11) is 3.72. The maximum absolute atomic E-state index is 5.46. The fourth-order valence-electron chi connectivity index (χ4n) is 3.12. The average molecular weight is 391 g/mol. The van der Waals surface area contributed by atoms with Crippen LogP contribution < -0.4 is 10.1 Å². The molecule has 1 atom stereocenters. The monoisotopic (exact) mass is 390 g/mol. The van der Waals surface area contributed by atoms with Gasteiger partial charge in [-0.05, 0) is 37.7 Å². The Kier molecular flexibility index (Phi) is 5.79. The van der Waals surface area contributed by atoms with Crippen LogP contribution in [0.2, 0.25) is 0 Å². The lowest BCUT2D eigenvalue weighted by Gasteiger charge is -2.30. The first-order valence-electron chi connectivity index (χ1n) is 8.61. The molecule has 1 saturated heterocycles. The molecule has 0 amide bonds. The molecular weight excluding hydrogens is 368 g/mol. The van der Waals surface area contributed by atoms with Crippen LogP contribution in [-0.2, 0) is 0 Å². The third kappa shape index (κ3) is 3.83. The molecule has 1 aliphatic heterocycles. The molecule has 8 nitrogen and oxygen atoms in total. The van der Waals surface area contributed by atoms with Gasteiger partial charge in [0, 0.05) is 25.8 Å². The van der Waals surface area contributed by atoms with Crippen molar-refractivity contribution in [3.63, 3.8) is 0 Å². The van der Waals surface area contributed by atoms with Crippen molar-refractivity contribution in [1.29, 1.82) is 0 Å². The number of aromatic nitrogens is 4. The van der Waals surface area contributed by atoms with E-state index in [1.54, 1.807) is 11.8 Å². The third-order valence-corrected chi connectivity index (χ3v) is 4.64. The van der Waals surface area contributed by atoms with Crippen LogP contribution in [0.5, 0.6) is 5.75 Å². The maximum Gasteiger partial charge on any atom is 0.278 e. The van der Waals surface area contributed by atoms with Crippen molar-refractivity contribution >= 4 is 12.4 Å². The van der Waals surface area contributed by atoms with Gasteiger partial charge >= 0.3 is 0 Å². The van der Waals surface area contributed by atoms with Gasteiger partial charge in [-0.25, -0.2) is 4.68 Å². The Morgan fingerprint density at radius 2 is 2.15 bits per heavy atom. The van der Waals surface area contributed by atoms with E-state index in [1.165, 1.54) is 0 Å². The van der Waals surface area contributed by atoms with E-state index in [9.17, 15) is 0 Å². The molecule has 2 aromatic heterocycles. The Labute approximate surface area is 163 Å². The predicted molar refractivity (Wildman–Crippen MR) is 104 cm³/mol. The van der Waals surface area contributed by atoms with Gasteiger partial charge in [0.15, 0.2) is 11.5 Å². The molecule has 27 heavy (non-hydrogen) atoms. The third-order valence-electron chi connectivity index (χ3n) is 4.64. The number of aryl methyl sites for hydroxylation is 1. The number of likely N-dealkylation sites (N-methyl/N-ethyl adjacent to an activating group) is 1. The van der Waals surface area contributed by atoms with Gasteiger partial charge in [0.1, 0.15) is 11.4 Å². The van der Waals surface area contributed by atoms with Gasteiger partial charge in [-0.3, -0.25) is 4.90 Å². The van der Waals surface area contributed by atoms with E-state index in [0.29, 0.717) is 17.4 Å². The molecule has 1 aliphatic rings. The van der Waals surface area contributed by atoms with E-state index in [2.05, 4.69) is 32.5 Å². The number of piperazine rings is 1. The summed E-state index contributed by atoms with van der Waals surface area (Å²) in [4.78, 5) is 6.78. The minimum absolute atomic E-state index is 0. The van der Waals surface area contributed by atoms with Crippen molar-refractivity contribution in [3.8, 4) is 23.0 Å². The Morgan fingerprint density at radius 3 is 2.93 bits per heavy atom. The molecule has 0 saturated carbocycles. The van der Waals surface area contributed by atoms with Gasteiger partial charge < -0.3 is 14.6 Å². The number of halogens is 1. The van der Waals surface area contributed by atoms with Crippen molar-refractivity contribution in [2.45, 2.75) is 13.0 Å². The van der Waals surface area contributed by atoms with Gasteiger partial charge in [-0.2, -0.15) is 10.1 Å². The number of ether oxygens (including phenoxy) is 1. The predicted octanol–water partition coefficient (Wildman–Crippen LogP) is 2.24. The first-order valence-corrected chi connectivity index (χ1v) is 8.61. The molecule has 3 aromatic rings. The first kappa shape index (κ1) is 19.3. The van der Waals surface area contributed by atoms with Crippen molar-refractivity contribution in [3.05, 3.63) is 41.9 Å². The van der Waals surface area contributed by atoms with Crippen LogP contribution in [0.25, 0.3) is 17.3 Å². The number of rotatable bonds is 4. The van der Waals surface area contributed by atoms with Crippen molar-refractivity contribution in [2.24, 2.45) is 0 Å². The lowest BCUT2D eigenvalue weighted by atomic mass is 10.2. The average Bonchev–Trinajstić information content (AvgIpc) is 3.31. The van der Waals surface area contributed by atoms with E-state index in [4.69, 9.17) is 9.26 Å². The van der Waals surface area contributed by atoms with E-state index in [1.807, 2.05) is 37.4 Å². The van der Waals surface area contributed by atoms with Gasteiger partial charge in [0.2, 0.25) is 0 Å².